The van der Waals surface area contributed by atoms with E-state index in [0.717, 1.165) is 19.3 Å². The highest BCUT2D eigenvalue weighted by molar-refractivity contribution is 5.95. The Morgan fingerprint density at radius 1 is 1.15 bits per heavy atom. The first-order valence-corrected chi connectivity index (χ1v) is 9.29. The average molecular weight is 358 g/mol. The molecule has 0 aromatic rings. The zero-order chi connectivity index (χ0) is 19.2. The van der Waals surface area contributed by atoms with Gasteiger partial charge in [0.1, 0.15) is 0 Å². The molecular weight excluding hydrogens is 328 g/mol. The van der Waals surface area contributed by atoms with Crippen LogP contribution in [0.3, 0.4) is 0 Å². The molecule has 4 nitrogen and oxygen atoms in total. The van der Waals surface area contributed by atoms with Crippen LogP contribution < -0.4 is 0 Å². The minimum absolute atomic E-state index is 0.120. The Hall–Kier alpha value is -2.20. The molecule has 0 aromatic heterocycles. The maximum Gasteiger partial charge on any atom is 0.303 e. The summed E-state index contributed by atoms with van der Waals surface area (Å²) in [6.07, 6.45) is 22.2. The summed E-state index contributed by atoms with van der Waals surface area (Å²) in [7, 11) is 0. The maximum atomic E-state index is 11.8. The van der Waals surface area contributed by atoms with Crippen molar-refractivity contribution >= 4 is 11.8 Å². The van der Waals surface area contributed by atoms with Crippen LogP contribution in [0, 0.1) is 11.8 Å². The predicted octanol–water partition coefficient (Wildman–Crippen LogP) is 4.39. The molecule has 0 spiro atoms. The van der Waals surface area contributed by atoms with E-state index in [0.29, 0.717) is 12.8 Å². The molecule has 0 unspecified atom stereocenters. The van der Waals surface area contributed by atoms with Crippen molar-refractivity contribution in [1.29, 1.82) is 0 Å². The van der Waals surface area contributed by atoms with Gasteiger partial charge < -0.3 is 10.2 Å². The fraction of sp³-hybridized carbons (Fsp3) is 0.455. The van der Waals surface area contributed by atoms with Gasteiger partial charge in [0.2, 0.25) is 0 Å². The molecule has 26 heavy (non-hydrogen) atoms. The van der Waals surface area contributed by atoms with Gasteiger partial charge in [0, 0.05) is 12.3 Å². The fourth-order valence-electron chi connectivity index (χ4n) is 2.72. The Balaban J connectivity index is 2.17. The van der Waals surface area contributed by atoms with Gasteiger partial charge in [-0.1, -0.05) is 61.6 Å². The summed E-state index contributed by atoms with van der Waals surface area (Å²) in [5.41, 5.74) is 0. The van der Waals surface area contributed by atoms with Gasteiger partial charge in [-0.25, -0.2) is 0 Å². The lowest BCUT2D eigenvalue weighted by atomic mass is 9.92. The number of rotatable bonds is 12. The van der Waals surface area contributed by atoms with Crippen molar-refractivity contribution in [3.05, 3.63) is 60.8 Å². The maximum absolute atomic E-state index is 11.8. The standard InChI is InChI=1S/C22H30O4/c1-2-18-14-17-21(24)20(18)16-15-19(23)12-10-8-6-4-3-5-7-9-11-13-22(25)26/h3-4,7-10,14-20,23H,2,5-6,11-13H2,1H3,(H,25,26)/b4-3-,9-7-,10-8-,16-15+/t18-,19+,20-/m1/s1. The molecule has 0 bridgehead atoms. The van der Waals surface area contributed by atoms with Crippen molar-refractivity contribution < 1.29 is 19.8 Å². The molecule has 142 valence electrons. The van der Waals surface area contributed by atoms with Crippen molar-refractivity contribution in [2.24, 2.45) is 11.8 Å². The zero-order valence-electron chi connectivity index (χ0n) is 15.5. The number of ketones is 1. The summed E-state index contributed by atoms with van der Waals surface area (Å²) in [5, 5.41) is 18.5. The van der Waals surface area contributed by atoms with Crippen LogP contribution in [0.15, 0.2) is 60.8 Å². The first-order chi connectivity index (χ1) is 12.5. The number of aliphatic carboxylic acids is 1. The molecule has 1 rings (SSSR count). The predicted molar refractivity (Wildman–Crippen MR) is 105 cm³/mol. The summed E-state index contributed by atoms with van der Waals surface area (Å²) in [6.45, 7) is 2.06. The minimum Gasteiger partial charge on any atom is -0.481 e. The van der Waals surface area contributed by atoms with E-state index < -0.39 is 12.1 Å². The molecule has 0 saturated carbocycles. The largest absolute Gasteiger partial charge is 0.481 e. The number of allylic oxidation sites excluding steroid dienone is 8. The van der Waals surface area contributed by atoms with Crippen molar-refractivity contribution in [2.45, 2.75) is 51.6 Å². The lowest BCUT2D eigenvalue weighted by Gasteiger charge is -2.12. The van der Waals surface area contributed by atoms with Crippen molar-refractivity contribution in [1.82, 2.24) is 0 Å². The Morgan fingerprint density at radius 3 is 2.46 bits per heavy atom. The summed E-state index contributed by atoms with van der Waals surface area (Å²) >= 11 is 0. The molecule has 0 amide bonds. The number of carbonyl (C=O) groups is 2. The lowest BCUT2D eigenvalue weighted by Crippen LogP contribution is -2.13. The molecule has 0 aromatic carbocycles. The number of carboxylic acid groups (broad SMARTS) is 1. The van der Waals surface area contributed by atoms with Crippen LogP contribution in [0.25, 0.3) is 0 Å². The monoisotopic (exact) mass is 358 g/mol. The molecule has 0 aliphatic heterocycles. The lowest BCUT2D eigenvalue weighted by molar-refractivity contribution is -0.136. The Bertz CT molecular complexity index is 581. The first-order valence-electron chi connectivity index (χ1n) is 9.29. The second kappa shape index (κ2) is 13.1. The number of carboxylic acids is 1. The van der Waals surface area contributed by atoms with Gasteiger partial charge in [0.05, 0.1) is 6.10 Å². The van der Waals surface area contributed by atoms with Crippen LogP contribution in [-0.4, -0.2) is 28.1 Å². The van der Waals surface area contributed by atoms with Crippen LogP contribution in [0.5, 0.6) is 0 Å². The molecule has 2 N–H and O–H groups in total. The summed E-state index contributed by atoms with van der Waals surface area (Å²) in [6, 6.07) is 0. The summed E-state index contributed by atoms with van der Waals surface area (Å²) in [4.78, 5) is 22.1. The van der Waals surface area contributed by atoms with Gasteiger partial charge in [-0.15, -0.1) is 0 Å². The zero-order valence-corrected chi connectivity index (χ0v) is 15.5. The summed E-state index contributed by atoms with van der Waals surface area (Å²) < 4.78 is 0. The van der Waals surface area contributed by atoms with E-state index in [1.807, 2.05) is 48.6 Å². The van der Waals surface area contributed by atoms with Gasteiger partial charge in [-0.2, -0.15) is 0 Å². The van der Waals surface area contributed by atoms with Gasteiger partial charge >= 0.3 is 5.97 Å². The van der Waals surface area contributed by atoms with Crippen molar-refractivity contribution in [3.8, 4) is 0 Å². The molecule has 0 heterocycles. The first kappa shape index (κ1) is 21.8. The second-order valence-electron chi connectivity index (χ2n) is 6.37. The van der Waals surface area contributed by atoms with E-state index in [1.54, 1.807) is 12.2 Å². The van der Waals surface area contributed by atoms with E-state index in [-0.39, 0.29) is 24.0 Å². The topological polar surface area (TPSA) is 74.6 Å². The molecular formula is C22H30O4. The summed E-state index contributed by atoms with van der Waals surface area (Å²) in [5.74, 6) is -0.517. The molecule has 1 aliphatic carbocycles. The highest BCUT2D eigenvalue weighted by Crippen LogP contribution is 2.26. The van der Waals surface area contributed by atoms with E-state index >= 15 is 0 Å². The van der Waals surface area contributed by atoms with E-state index in [4.69, 9.17) is 5.11 Å². The highest BCUT2D eigenvalue weighted by Gasteiger charge is 2.26. The number of hydrogen-bond acceptors (Lipinski definition) is 3. The molecule has 0 fully saturated rings. The SMILES string of the molecule is CC[C@@H]1C=CC(=O)[C@@H]1/C=C/[C@@H](O)C/C=C\C/C=C\C/C=C\CCC(=O)O. The second-order valence-corrected chi connectivity index (χ2v) is 6.37. The van der Waals surface area contributed by atoms with Crippen molar-refractivity contribution in [3.63, 3.8) is 0 Å². The van der Waals surface area contributed by atoms with Gasteiger partial charge in [0.15, 0.2) is 5.78 Å². The van der Waals surface area contributed by atoms with E-state index in [9.17, 15) is 14.7 Å². The van der Waals surface area contributed by atoms with Crippen molar-refractivity contribution in [2.75, 3.05) is 0 Å². The van der Waals surface area contributed by atoms with Gasteiger partial charge in [0.25, 0.3) is 0 Å². The Kier molecular flexibility index (Phi) is 11.0. The molecule has 1 aliphatic rings. The third-order valence-corrected chi connectivity index (χ3v) is 4.26. The van der Waals surface area contributed by atoms with Gasteiger partial charge in [-0.3, -0.25) is 9.59 Å². The van der Waals surface area contributed by atoms with Crippen LogP contribution in [-0.2, 0) is 9.59 Å². The smallest absolute Gasteiger partial charge is 0.303 e. The molecule has 0 radical (unpaired) electrons. The number of hydrogen-bond donors (Lipinski definition) is 2. The molecule has 0 saturated heterocycles. The Morgan fingerprint density at radius 2 is 1.81 bits per heavy atom. The van der Waals surface area contributed by atoms with Crippen LogP contribution in [0.1, 0.15) is 45.4 Å². The quantitative estimate of drug-likeness (QED) is 0.507. The number of aliphatic hydroxyl groups is 1. The van der Waals surface area contributed by atoms with Gasteiger partial charge in [-0.05, 0) is 44.1 Å². The number of carbonyl (C=O) groups excluding carboxylic acids is 1. The normalized spacial score (nSPS) is 21.8. The Labute approximate surface area is 156 Å². The van der Waals surface area contributed by atoms with E-state index in [1.165, 1.54) is 0 Å². The third kappa shape index (κ3) is 9.33. The molecule has 4 heteroatoms. The fourth-order valence-corrected chi connectivity index (χ4v) is 2.72. The average Bonchev–Trinajstić information content (AvgIpc) is 2.97. The number of aliphatic hydroxyl groups excluding tert-OH is 1. The third-order valence-electron chi connectivity index (χ3n) is 4.26. The van der Waals surface area contributed by atoms with E-state index in [2.05, 4.69) is 6.92 Å². The minimum atomic E-state index is -0.774. The highest BCUT2D eigenvalue weighted by atomic mass is 16.4. The van der Waals surface area contributed by atoms with Crippen LogP contribution >= 0.6 is 0 Å². The molecule has 3 atom stereocenters. The van der Waals surface area contributed by atoms with Crippen LogP contribution in [0.4, 0.5) is 0 Å². The van der Waals surface area contributed by atoms with Crippen LogP contribution in [0.2, 0.25) is 0 Å².